The van der Waals surface area contributed by atoms with Gasteiger partial charge in [0.25, 0.3) is 0 Å². The van der Waals surface area contributed by atoms with E-state index in [1.165, 1.54) is 7.11 Å². The van der Waals surface area contributed by atoms with Gasteiger partial charge in [0, 0.05) is 25.2 Å². The second-order valence-electron chi connectivity index (χ2n) is 4.76. The molecule has 5 nitrogen and oxygen atoms in total. The molecular weight excluding hydrogens is 344 g/mol. The van der Waals surface area contributed by atoms with Gasteiger partial charge in [0.1, 0.15) is 5.75 Å². The molecule has 112 valence electrons. The van der Waals surface area contributed by atoms with E-state index in [9.17, 15) is 8.42 Å². The Morgan fingerprint density at radius 2 is 2.00 bits per heavy atom. The molecule has 20 heavy (non-hydrogen) atoms. The third-order valence-corrected chi connectivity index (χ3v) is 6.17. The standard InChI is InChI=1S/C13H19BrN2O3S/c1-15-10-5-7-16(8-6-10)20(17,18)11-3-4-12(14)13(9-11)19-2/h3-4,9-10,15H,5-8H2,1-2H3. The van der Waals surface area contributed by atoms with Crippen molar-refractivity contribution in [3.8, 4) is 5.75 Å². The highest BCUT2D eigenvalue weighted by atomic mass is 79.9. The second kappa shape index (κ2) is 6.43. The number of nitrogens with one attached hydrogen (secondary N) is 1. The molecule has 1 aliphatic heterocycles. The maximum absolute atomic E-state index is 12.6. The van der Waals surface area contributed by atoms with Crippen LogP contribution in [0.5, 0.6) is 5.75 Å². The Bertz CT molecular complexity index is 569. The summed E-state index contributed by atoms with van der Waals surface area (Å²) in [6.45, 7) is 1.10. The summed E-state index contributed by atoms with van der Waals surface area (Å²) in [5.74, 6) is 0.524. The van der Waals surface area contributed by atoms with Crippen LogP contribution in [-0.4, -0.2) is 46.0 Å². The van der Waals surface area contributed by atoms with Gasteiger partial charge in [-0.2, -0.15) is 4.31 Å². The van der Waals surface area contributed by atoms with Gasteiger partial charge in [-0.15, -0.1) is 0 Å². The third-order valence-electron chi connectivity index (χ3n) is 3.62. The number of nitrogens with zero attached hydrogens (tertiary/aromatic N) is 1. The van der Waals surface area contributed by atoms with E-state index in [0.29, 0.717) is 24.9 Å². The number of hydrogen-bond acceptors (Lipinski definition) is 4. The molecule has 1 heterocycles. The number of methoxy groups -OCH3 is 1. The van der Waals surface area contributed by atoms with Crippen molar-refractivity contribution in [2.75, 3.05) is 27.2 Å². The molecule has 0 radical (unpaired) electrons. The topological polar surface area (TPSA) is 58.6 Å². The predicted molar refractivity (Wildman–Crippen MR) is 81.5 cm³/mol. The van der Waals surface area contributed by atoms with Crippen molar-refractivity contribution >= 4 is 26.0 Å². The molecule has 1 aromatic rings. The number of rotatable bonds is 4. The number of sulfonamides is 1. The average Bonchev–Trinajstić information content (AvgIpc) is 2.47. The molecule has 1 aliphatic rings. The van der Waals surface area contributed by atoms with Gasteiger partial charge in [-0.25, -0.2) is 8.42 Å². The molecule has 0 bridgehead atoms. The summed E-state index contributed by atoms with van der Waals surface area (Å²) >= 11 is 3.33. The molecular formula is C13H19BrN2O3S. The van der Waals surface area contributed by atoms with E-state index in [2.05, 4.69) is 21.2 Å². The maximum Gasteiger partial charge on any atom is 0.243 e. The van der Waals surface area contributed by atoms with Crippen molar-refractivity contribution in [2.24, 2.45) is 0 Å². The number of ether oxygens (including phenoxy) is 1. The molecule has 0 spiro atoms. The number of hydrogen-bond donors (Lipinski definition) is 1. The Morgan fingerprint density at radius 1 is 1.35 bits per heavy atom. The van der Waals surface area contributed by atoms with Crippen LogP contribution in [0.2, 0.25) is 0 Å². The third kappa shape index (κ3) is 3.16. The van der Waals surface area contributed by atoms with Crippen molar-refractivity contribution in [1.82, 2.24) is 9.62 Å². The first-order valence-electron chi connectivity index (χ1n) is 6.50. The smallest absolute Gasteiger partial charge is 0.243 e. The number of piperidine rings is 1. The fourth-order valence-corrected chi connectivity index (χ4v) is 4.23. The minimum absolute atomic E-state index is 0.278. The lowest BCUT2D eigenvalue weighted by Gasteiger charge is -2.31. The Balaban J connectivity index is 2.22. The van der Waals surface area contributed by atoms with E-state index in [1.807, 2.05) is 7.05 Å². The van der Waals surface area contributed by atoms with Gasteiger partial charge in [-0.3, -0.25) is 0 Å². The fourth-order valence-electron chi connectivity index (χ4n) is 2.33. The molecule has 0 aliphatic carbocycles. The molecule has 0 amide bonds. The summed E-state index contributed by atoms with van der Waals surface area (Å²) in [4.78, 5) is 0.278. The summed E-state index contributed by atoms with van der Waals surface area (Å²) < 4.78 is 32.6. The lowest BCUT2D eigenvalue weighted by Crippen LogP contribution is -2.43. The van der Waals surface area contributed by atoms with E-state index in [0.717, 1.165) is 17.3 Å². The van der Waals surface area contributed by atoms with Crippen molar-refractivity contribution in [2.45, 2.75) is 23.8 Å². The highest BCUT2D eigenvalue weighted by Gasteiger charge is 2.29. The van der Waals surface area contributed by atoms with Crippen LogP contribution in [0.3, 0.4) is 0 Å². The van der Waals surface area contributed by atoms with E-state index >= 15 is 0 Å². The van der Waals surface area contributed by atoms with Crippen LogP contribution >= 0.6 is 15.9 Å². The second-order valence-corrected chi connectivity index (χ2v) is 7.56. The molecule has 1 aromatic carbocycles. The van der Waals surface area contributed by atoms with Crippen LogP contribution in [0, 0.1) is 0 Å². The van der Waals surface area contributed by atoms with E-state index in [-0.39, 0.29) is 4.90 Å². The summed E-state index contributed by atoms with van der Waals surface area (Å²) in [6.07, 6.45) is 1.67. The molecule has 7 heteroatoms. The SMILES string of the molecule is CNC1CCN(S(=O)(=O)c2ccc(Br)c(OC)c2)CC1. The molecule has 0 aromatic heterocycles. The van der Waals surface area contributed by atoms with Crippen molar-refractivity contribution in [3.63, 3.8) is 0 Å². The zero-order chi connectivity index (χ0) is 14.8. The molecule has 1 N–H and O–H groups in total. The van der Waals surface area contributed by atoms with Gasteiger partial charge >= 0.3 is 0 Å². The minimum Gasteiger partial charge on any atom is -0.496 e. The van der Waals surface area contributed by atoms with E-state index < -0.39 is 10.0 Å². The Kier molecular flexibility index (Phi) is 5.06. The zero-order valence-electron chi connectivity index (χ0n) is 11.6. The lowest BCUT2D eigenvalue weighted by atomic mass is 10.1. The molecule has 0 unspecified atom stereocenters. The number of benzene rings is 1. The Hall–Kier alpha value is -0.630. The lowest BCUT2D eigenvalue weighted by molar-refractivity contribution is 0.298. The molecule has 0 atom stereocenters. The summed E-state index contributed by atoms with van der Waals surface area (Å²) in [5, 5.41) is 3.19. The Labute approximate surface area is 128 Å². The van der Waals surface area contributed by atoms with Crippen LogP contribution in [0.15, 0.2) is 27.6 Å². The van der Waals surface area contributed by atoms with Crippen LogP contribution in [0.4, 0.5) is 0 Å². The van der Waals surface area contributed by atoms with Gasteiger partial charge in [0.05, 0.1) is 16.5 Å². The van der Waals surface area contributed by atoms with E-state index in [4.69, 9.17) is 4.74 Å². The first-order valence-corrected chi connectivity index (χ1v) is 8.73. The average molecular weight is 363 g/mol. The maximum atomic E-state index is 12.6. The zero-order valence-corrected chi connectivity index (χ0v) is 14.0. The van der Waals surface area contributed by atoms with Crippen molar-refractivity contribution in [3.05, 3.63) is 22.7 Å². The summed E-state index contributed by atoms with van der Waals surface area (Å²) in [7, 11) is -0.00447. The first-order chi connectivity index (χ1) is 9.48. The van der Waals surface area contributed by atoms with Gasteiger partial charge < -0.3 is 10.1 Å². The predicted octanol–water partition coefficient (Wildman–Crippen LogP) is 1.83. The monoisotopic (exact) mass is 362 g/mol. The van der Waals surface area contributed by atoms with Crippen LogP contribution in [0.25, 0.3) is 0 Å². The quantitative estimate of drug-likeness (QED) is 0.887. The number of halogens is 1. The molecule has 1 saturated heterocycles. The van der Waals surface area contributed by atoms with Crippen LogP contribution in [0.1, 0.15) is 12.8 Å². The van der Waals surface area contributed by atoms with Crippen molar-refractivity contribution in [1.29, 1.82) is 0 Å². The summed E-state index contributed by atoms with van der Waals surface area (Å²) in [5.41, 5.74) is 0. The van der Waals surface area contributed by atoms with Crippen LogP contribution in [-0.2, 0) is 10.0 Å². The normalized spacial score (nSPS) is 18.1. The van der Waals surface area contributed by atoms with Crippen molar-refractivity contribution < 1.29 is 13.2 Å². The fraction of sp³-hybridized carbons (Fsp3) is 0.538. The van der Waals surface area contributed by atoms with Gasteiger partial charge in [0.15, 0.2) is 0 Å². The highest BCUT2D eigenvalue weighted by Crippen LogP contribution is 2.29. The largest absolute Gasteiger partial charge is 0.496 e. The van der Waals surface area contributed by atoms with Gasteiger partial charge in [0.2, 0.25) is 10.0 Å². The molecule has 2 rings (SSSR count). The minimum atomic E-state index is -3.44. The first kappa shape index (κ1) is 15.8. The van der Waals surface area contributed by atoms with Crippen LogP contribution < -0.4 is 10.1 Å². The van der Waals surface area contributed by atoms with Gasteiger partial charge in [-0.05, 0) is 48.0 Å². The highest BCUT2D eigenvalue weighted by molar-refractivity contribution is 9.10. The van der Waals surface area contributed by atoms with Gasteiger partial charge in [-0.1, -0.05) is 0 Å². The molecule has 0 saturated carbocycles. The molecule has 1 fully saturated rings. The van der Waals surface area contributed by atoms with E-state index in [1.54, 1.807) is 22.5 Å². The summed E-state index contributed by atoms with van der Waals surface area (Å²) in [6, 6.07) is 5.27. The Morgan fingerprint density at radius 3 is 2.55 bits per heavy atom.